The predicted molar refractivity (Wildman–Crippen MR) is 121 cm³/mol. The van der Waals surface area contributed by atoms with Crippen LogP contribution >= 0.6 is 23.2 Å². The van der Waals surface area contributed by atoms with E-state index in [9.17, 15) is 14.7 Å². The van der Waals surface area contributed by atoms with Crippen LogP contribution in [-0.2, 0) is 4.79 Å². The predicted octanol–water partition coefficient (Wildman–Crippen LogP) is 6.07. The van der Waals surface area contributed by atoms with Gasteiger partial charge in [0, 0.05) is 10.6 Å². The zero-order chi connectivity index (χ0) is 22.3. The number of rotatable bonds is 4. The summed E-state index contributed by atoms with van der Waals surface area (Å²) in [5.41, 5.74) is 2.96. The average Bonchev–Trinajstić information content (AvgIpc) is 3.30. The molecule has 4 rings (SSSR count). The van der Waals surface area contributed by atoms with Crippen LogP contribution in [0.25, 0.3) is 17.4 Å². The first-order chi connectivity index (χ1) is 14.7. The maximum Gasteiger partial charge on any atom is 0.337 e. The van der Waals surface area contributed by atoms with Crippen LogP contribution in [0.5, 0.6) is 0 Å². The van der Waals surface area contributed by atoms with Gasteiger partial charge in [0.05, 0.1) is 27.6 Å². The van der Waals surface area contributed by atoms with Crippen LogP contribution in [0.1, 0.15) is 28.6 Å². The summed E-state index contributed by atoms with van der Waals surface area (Å²) in [7, 11) is 0. The molecule has 0 fully saturated rings. The molecule has 0 radical (unpaired) electrons. The molecule has 0 spiro atoms. The van der Waals surface area contributed by atoms with E-state index in [0.29, 0.717) is 39.1 Å². The Kier molecular flexibility index (Phi) is 5.43. The number of carbonyl (C=O) groups excluding carboxylic acids is 1. The lowest BCUT2D eigenvalue weighted by Gasteiger charge is -2.12. The number of nitrogens with zero attached hydrogens (tertiary/aromatic N) is 2. The lowest BCUT2D eigenvalue weighted by molar-refractivity contribution is -0.114. The molecule has 0 unspecified atom stereocenters. The molecule has 156 valence electrons. The van der Waals surface area contributed by atoms with E-state index < -0.39 is 5.97 Å². The highest BCUT2D eigenvalue weighted by Gasteiger charge is 2.29. The van der Waals surface area contributed by atoms with Crippen molar-refractivity contribution in [3.8, 4) is 11.3 Å². The number of furan rings is 1. The van der Waals surface area contributed by atoms with E-state index in [1.807, 2.05) is 13.0 Å². The number of halogens is 2. The number of hydrogen-bond donors (Lipinski definition) is 1. The Morgan fingerprint density at radius 2 is 1.84 bits per heavy atom. The number of carboxylic acid groups (broad SMARTS) is 1. The monoisotopic (exact) mass is 454 g/mol. The smallest absolute Gasteiger partial charge is 0.337 e. The number of aryl methyl sites for hydroxylation is 1. The fourth-order valence-corrected chi connectivity index (χ4v) is 3.52. The van der Waals surface area contributed by atoms with E-state index in [0.717, 1.165) is 5.56 Å². The lowest BCUT2D eigenvalue weighted by atomic mass is 10.1. The van der Waals surface area contributed by atoms with Crippen molar-refractivity contribution in [1.82, 2.24) is 0 Å². The topological polar surface area (TPSA) is 83.1 Å². The molecule has 0 saturated carbocycles. The molecule has 2 aromatic carbocycles. The standard InChI is InChI=1S/C23H16Cl2N2O4/c1-12-3-5-15(10-20(12)25)27-22(28)17(13(2)26-27)11-16-6-8-21(31-16)14-4-7-19(24)18(9-14)23(29)30/h3-11H,1-2H3,(H,29,30)/b17-11+. The first kappa shape index (κ1) is 20.9. The van der Waals surface area contributed by atoms with Crippen molar-refractivity contribution in [1.29, 1.82) is 0 Å². The van der Waals surface area contributed by atoms with Crippen molar-refractivity contribution in [2.45, 2.75) is 13.8 Å². The summed E-state index contributed by atoms with van der Waals surface area (Å²) in [6, 6.07) is 13.3. The maximum absolute atomic E-state index is 12.9. The van der Waals surface area contributed by atoms with Crippen molar-refractivity contribution in [3.63, 3.8) is 0 Å². The molecular weight excluding hydrogens is 439 g/mol. The molecule has 3 aromatic rings. The van der Waals surface area contributed by atoms with Crippen LogP contribution in [0.3, 0.4) is 0 Å². The largest absolute Gasteiger partial charge is 0.478 e. The van der Waals surface area contributed by atoms with Gasteiger partial charge in [-0.25, -0.2) is 4.79 Å². The highest BCUT2D eigenvalue weighted by Crippen LogP contribution is 2.31. The van der Waals surface area contributed by atoms with Gasteiger partial charge < -0.3 is 9.52 Å². The zero-order valence-electron chi connectivity index (χ0n) is 16.5. The third-order valence-electron chi connectivity index (χ3n) is 4.86. The van der Waals surface area contributed by atoms with Gasteiger partial charge in [0.15, 0.2) is 0 Å². The van der Waals surface area contributed by atoms with Gasteiger partial charge in [-0.15, -0.1) is 0 Å². The second kappa shape index (κ2) is 8.06. The Hall–Kier alpha value is -3.35. The van der Waals surface area contributed by atoms with Crippen molar-refractivity contribution in [2.24, 2.45) is 5.10 Å². The van der Waals surface area contributed by atoms with Crippen molar-refractivity contribution < 1.29 is 19.1 Å². The lowest BCUT2D eigenvalue weighted by Crippen LogP contribution is -2.21. The summed E-state index contributed by atoms with van der Waals surface area (Å²) in [4.78, 5) is 24.2. The van der Waals surface area contributed by atoms with Gasteiger partial charge in [0.1, 0.15) is 11.5 Å². The van der Waals surface area contributed by atoms with Crippen molar-refractivity contribution in [2.75, 3.05) is 5.01 Å². The van der Waals surface area contributed by atoms with Crippen LogP contribution < -0.4 is 5.01 Å². The highest BCUT2D eigenvalue weighted by molar-refractivity contribution is 6.34. The van der Waals surface area contributed by atoms with Crippen molar-refractivity contribution in [3.05, 3.63) is 81.0 Å². The van der Waals surface area contributed by atoms with E-state index in [2.05, 4.69) is 5.10 Å². The summed E-state index contributed by atoms with van der Waals surface area (Å²) in [5.74, 6) is -0.535. The van der Waals surface area contributed by atoms with Crippen LogP contribution in [0.15, 0.2) is 63.6 Å². The molecule has 8 heteroatoms. The van der Waals surface area contributed by atoms with Crippen LogP contribution in [0.2, 0.25) is 10.0 Å². The molecule has 1 amide bonds. The van der Waals surface area contributed by atoms with E-state index >= 15 is 0 Å². The Morgan fingerprint density at radius 3 is 2.55 bits per heavy atom. The fraction of sp³-hybridized carbons (Fsp3) is 0.0870. The molecule has 1 N–H and O–H groups in total. The Labute approximate surface area is 188 Å². The second-order valence-corrected chi connectivity index (χ2v) is 7.81. The van der Waals surface area contributed by atoms with E-state index in [-0.39, 0.29) is 16.5 Å². The van der Waals surface area contributed by atoms with Crippen LogP contribution in [0.4, 0.5) is 5.69 Å². The van der Waals surface area contributed by atoms with Crippen molar-refractivity contribution >= 4 is 52.6 Å². The Balaban J connectivity index is 1.63. The van der Waals surface area contributed by atoms with Gasteiger partial charge in [-0.3, -0.25) is 4.79 Å². The summed E-state index contributed by atoms with van der Waals surface area (Å²) >= 11 is 12.1. The molecule has 6 nitrogen and oxygen atoms in total. The summed E-state index contributed by atoms with van der Waals surface area (Å²) in [5, 5.41) is 15.6. The number of hydrazone groups is 1. The first-order valence-corrected chi connectivity index (χ1v) is 10.0. The summed E-state index contributed by atoms with van der Waals surface area (Å²) in [6.07, 6.45) is 1.61. The minimum atomic E-state index is -1.12. The number of aromatic carboxylic acids is 1. The van der Waals surface area contributed by atoms with Gasteiger partial charge in [0.25, 0.3) is 5.91 Å². The number of carboxylic acids is 1. The van der Waals surface area contributed by atoms with Gasteiger partial charge in [-0.1, -0.05) is 29.3 Å². The van der Waals surface area contributed by atoms with Crippen LogP contribution in [-0.4, -0.2) is 22.7 Å². The Morgan fingerprint density at radius 1 is 1.06 bits per heavy atom. The zero-order valence-corrected chi connectivity index (χ0v) is 18.0. The molecule has 0 aliphatic carbocycles. The summed E-state index contributed by atoms with van der Waals surface area (Å²) in [6.45, 7) is 3.62. The summed E-state index contributed by atoms with van der Waals surface area (Å²) < 4.78 is 5.82. The van der Waals surface area contributed by atoms with Gasteiger partial charge in [-0.05, 0) is 68.0 Å². The van der Waals surface area contributed by atoms with E-state index in [1.165, 1.54) is 17.1 Å². The number of carbonyl (C=O) groups is 2. The number of amides is 1. The molecule has 1 aliphatic rings. The first-order valence-electron chi connectivity index (χ1n) is 9.25. The molecule has 0 saturated heterocycles. The second-order valence-electron chi connectivity index (χ2n) is 7.00. The average molecular weight is 455 g/mol. The number of benzene rings is 2. The van der Waals surface area contributed by atoms with Gasteiger partial charge >= 0.3 is 5.97 Å². The van der Waals surface area contributed by atoms with Crippen LogP contribution in [0, 0.1) is 6.92 Å². The SMILES string of the molecule is CC1=NN(c2ccc(C)c(Cl)c2)C(=O)/C1=C/c1ccc(-c2ccc(Cl)c(C(=O)O)c2)o1. The molecule has 0 atom stereocenters. The van der Waals surface area contributed by atoms with E-state index in [4.69, 9.17) is 27.6 Å². The molecule has 2 heterocycles. The molecule has 1 aromatic heterocycles. The number of anilines is 1. The minimum Gasteiger partial charge on any atom is -0.478 e. The molecule has 1 aliphatic heterocycles. The van der Waals surface area contributed by atoms with E-state index in [1.54, 1.807) is 43.3 Å². The molecular formula is C23H16Cl2N2O4. The Bertz CT molecular complexity index is 1290. The number of hydrogen-bond acceptors (Lipinski definition) is 4. The third-order valence-corrected chi connectivity index (χ3v) is 5.59. The fourth-order valence-electron chi connectivity index (χ4n) is 3.14. The normalized spacial score (nSPS) is 15.0. The molecule has 0 bridgehead atoms. The molecule has 31 heavy (non-hydrogen) atoms. The maximum atomic E-state index is 12.9. The minimum absolute atomic E-state index is 0.0168. The van der Waals surface area contributed by atoms with Gasteiger partial charge in [0.2, 0.25) is 0 Å². The highest BCUT2D eigenvalue weighted by atomic mass is 35.5. The van der Waals surface area contributed by atoms with Gasteiger partial charge in [-0.2, -0.15) is 10.1 Å². The third kappa shape index (κ3) is 4.00. The quantitative estimate of drug-likeness (QED) is 0.485.